The lowest BCUT2D eigenvalue weighted by atomic mass is 9.94. The maximum atomic E-state index is 10.4. The lowest BCUT2D eigenvalue weighted by Gasteiger charge is -2.48. The summed E-state index contributed by atoms with van der Waals surface area (Å²) in [5, 5.41) is 49.0. The van der Waals surface area contributed by atoms with Crippen LogP contribution in [0.3, 0.4) is 0 Å². The zero-order valence-corrected chi connectivity index (χ0v) is 14.6. The number of methoxy groups -OCH3 is 1. The molecule has 2 aliphatic heterocycles. The summed E-state index contributed by atoms with van der Waals surface area (Å²) in [4.78, 5) is 0.728. The van der Waals surface area contributed by atoms with Crippen LogP contribution in [0.5, 0.6) is 0 Å². The van der Waals surface area contributed by atoms with Gasteiger partial charge >= 0.3 is 0 Å². The average Bonchev–Trinajstić information content (AvgIpc) is 2.56. The number of rotatable bonds is 6. The Morgan fingerprint density at radius 3 is 2.67 bits per heavy atom. The summed E-state index contributed by atoms with van der Waals surface area (Å²) in [5.41, 5.74) is 0. The minimum atomic E-state index is -1.22. The third-order valence-electron chi connectivity index (χ3n) is 4.33. The van der Waals surface area contributed by atoms with Gasteiger partial charge in [-0.25, -0.2) is 0 Å². The first-order valence-corrected chi connectivity index (χ1v) is 8.85. The zero-order chi connectivity index (χ0) is 17.9. The third-order valence-corrected chi connectivity index (χ3v) is 5.55. The van der Waals surface area contributed by atoms with E-state index in [1.165, 1.54) is 18.9 Å². The van der Waals surface area contributed by atoms with E-state index in [0.717, 1.165) is 4.91 Å². The van der Waals surface area contributed by atoms with Crippen molar-refractivity contribution in [1.82, 2.24) is 0 Å². The highest BCUT2D eigenvalue weighted by atomic mass is 32.2. The predicted octanol–water partition coefficient (Wildman–Crippen LogP) is -1.06. The van der Waals surface area contributed by atoms with Crippen LogP contribution in [0.4, 0.5) is 0 Å². The van der Waals surface area contributed by atoms with Crippen LogP contribution in [0.2, 0.25) is 0 Å². The Hall–Kier alpha value is -0.390. The van der Waals surface area contributed by atoms with Crippen LogP contribution >= 0.6 is 11.8 Å². The topological polar surface area (TPSA) is 129 Å². The molecule has 8 nitrogen and oxygen atoms in total. The van der Waals surface area contributed by atoms with Gasteiger partial charge < -0.3 is 39.7 Å². The average molecular weight is 366 g/mol. The Morgan fingerprint density at radius 2 is 2.08 bits per heavy atom. The molecule has 1 saturated heterocycles. The van der Waals surface area contributed by atoms with E-state index in [-0.39, 0.29) is 31.8 Å². The van der Waals surface area contributed by atoms with Gasteiger partial charge in [-0.05, 0) is 13.3 Å². The van der Waals surface area contributed by atoms with Gasteiger partial charge in [-0.2, -0.15) is 0 Å². The molecule has 5 N–H and O–H groups in total. The van der Waals surface area contributed by atoms with E-state index in [0.29, 0.717) is 5.75 Å². The van der Waals surface area contributed by atoms with Crippen molar-refractivity contribution in [2.45, 2.75) is 56.1 Å². The lowest BCUT2D eigenvalue weighted by molar-refractivity contribution is -0.302. The minimum Gasteiger partial charge on any atom is -0.462 e. The number of aliphatic hydroxyl groups is 5. The molecule has 0 radical (unpaired) electrons. The molecule has 2 heterocycles. The van der Waals surface area contributed by atoms with Crippen LogP contribution in [-0.2, 0) is 14.2 Å². The summed E-state index contributed by atoms with van der Waals surface area (Å²) >= 11 is 1.40. The molecular formula is C15H26O8S. The molecular weight excluding hydrogens is 340 g/mol. The Morgan fingerprint density at radius 1 is 1.38 bits per heavy atom. The Kier molecular flexibility index (Phi) is 6.91. The second-order valence-corrected chi connectivity index (χ2v) is 7.24. The lowest BCUT2D eigenvalue weighted by Crippen LogP contribution is -2.58. The van der Waals surface area contributed by atoms with Crippen molar-refractivity contribution in [2.24, 2.45) is 0 Å². The molecule has 0 amide bonds. The van der Waals surface area contributed by atoms with Gasteiger partial charge in [-0.3, -0.25) is 0 Å². The van der Waals surface area contributed by atoms with Crippen LogP contribution in [0.25, 0.3) is 0 Å². The van der Waals surface area contributed by atoms with E-state index in [1.54, 1.807) is 6.92 Å². The number of aliphatic hydroxyl groups excluding tert-OH is 5. The SMILES string of the molecule is COC(CO)C(O)C1=C(C)SC[C@]2(CC(O)C(O)[C@@H](CCO)O2)O1. The second kappa shape index (κ2) is 8.33. The van der Waals surface area contributed by atoms with Crippen LogP contribution < -0.4 is 0 Å². The summed E-state index contributed by atoms with van der Waals surface area (Å²) in [6.45, 7) is 1.20. The fourth-order valence-corrected chi connectivity index (χ4v) is 3.91. The largest absolute Gasteiger partial charge is 0.462 e. The molecule has 2 rings (SSSR count). The number of thioether (sulfide) groups is 1. The van der Waals surface area contributed by atoms with E-state index in [2.05, 4.69) is 0 Å². The minimum absolute atomic E-state index is 0.0311. The second-order valence-electron chi connectivity index (χ2n) is 6.05. The molecule has 2 aliphatic rings. The maximum Gasteiger partial charge on any atom is 0.222 e. The first-order chi connectivity index (χ1) is 11.4. The molecule has 9 heteroatoms. The van der Waals surface area contributed by atoms with Gasteiger partial charge in [-0.15, -0.1) is 11.8 Å². The van der Waals surface area contributed by atoms with E-state index in [9.17, 15) is 20.4 Å². The van der Waals surface area contributed by atoms with Gasteiger partial charge in [0.15, 0.2) is 0 Å². The molecule has 140 valence electrons. The van der Waals surface area contributed by atoms with Crippen molar-refractivity contribution in [2.75, 3.05) is 26.1 Å². The van der Waals surface area contributed by atoms with E-state index < -0.39 is 36.3 Å². The summed E-state index contributed by atoms with van der Waals surface area (Å²) in [5.74, 6) is -0.622. The van der Waals surface area contributed by atoms with Gasteiger partial charge in [0.2, 0.25) is 5.79 Å². The zero-order valence-electron chi connectivity index (χ0n) is 13.8. The summed E-state index contributed by atoms with van der Waals surface area (Å²) in [6, 6.07) is 0. The van der Waals surface area contributed by atoms with Gasteiger partial charge in [-0.1, -0.05) is 0 Å². The van der Waals surface area contributed by atoms with Gasteiger partial charge in [0.25, 0.3) is 0 Å². The van der Waals surface area contributed by atoms with E-state index in [4.69, 9.17) is 19.3 Å². The van der Waals surface area contributed by atoms with Crippen molar-refractivity contribution in [1.29, 1.82) is 0 Å². The number of allylic oxidation sites excluding steroid dienone is 1. The summed E-state index contributed by atoms with van der Waals surface area (Å²) in [6.07, 6.45) is -4.79. The highest BCUT2D eigenvalue weighted by Gasteiger charge is 2.50. The molecule has 0 saturated carbocycles. The quantitative estimate of drug-likeness (QED) is 0.399. The Balaban J connectivity index is 2.21. The molecule has 1 spiro atoms. The molecule has 0 aliphatic carbocycles. The fourth-order valence-electron chi connectivity index (χ4n) is 2.93. The first kappa shape index (κ1) is 19.9. The smallest absolute Gasteiger partial charge is 0.222 e. The summed E-state index contributed by atoms with van der Waals surface area (Å²) in [7, 11) is 1.38. The first-order valence-electron chi connectivity index (χ1n) is 7.86. The van der Waals surface area contributed by atoms with Gasteiger partial charge in [0.1, 0.15) is 24.1 Å². The number of hydrogen-bond donors (Lipinski definition) is 5. The molecule has 0 aromatic carbocycles. The monoisotopic (exact) mass is 366 g/mol. The van der Waals surface area contributed by atoms with Crippen molar-refractivity contribution < 1.29 is 39.7 Å². The van der Waals surface area contributed by atoms with Crippen molar-refractivity contribution in [3.8, 4) is 0 Å². The standard InChI is InChI=1S/C15H26O8S/c1-8-14(13(20)11(6-17)21-2)23-15(7-24-8)5-9(18)12(19)10(22-15)3-4-16/h9-13,16-20H,3-7H2,1-2H3/t9?,10-,11?,12?,13?,15+/m1/s1. The molecule has 0 aromatic rings. The van der Waals surface area contributed by atoms with Gasteiger partial charge in [0, 0.05) is 25.0 Å². The molecule has 0 aromatic heterocycles. The van der Waals surface area contributed by atoms with E-state index in [1.807, 2.05) is 0 Å². The highest BCUT2D eigenvalue weighted by Crippen LogP contribution is 2.43. The van der Waals surface area contributed by atoms with Crippen LogP contribution in [0.15, 0.2) is 10.7 Å². The molecule has 0 bridgehead atoms. The van der Waals surface area contributed by atoms with Crippen LogP contribution in [-0.4, -0.2) is 87.9 Å². The molecule has 4 unspecified atom stereocenters. The van der Waals surface area contributed by atoms with Crippen molar-refractivity contribution in [3.63, 3.8) is 0 Å². The van der Waals surface area contributed by atoms with E-state index >= 15 is 0 Å². The Labute approximate surface area is 145 Å². The molecule has 24 heavy (non-hydrogen) atoms. The normalized spacial score (nSPS) is 36.5. The molecule has 6 atom stereocenters. The van der Waals surface area contributed by atoms with Gasteiger partial charge in [0.05, 0.1) is 24.6 Å². The summed E-state index contributed by atoms with van der Waals surface area (Å²) < 4.78 is 16.8. The maximum absolute atomic E-state index is 10.4. The highest BCUT2D eigenvalue weighted by molar-refractivity contribution is 8.03. The Bertz CT molecular complexity index is 455. The van der Waals surface area contributed by atoms with Crippen molar-refractivity contribution in [3.05, 3.63) is 10.7 Å². The number of ether oxygens (including phenoxy) is 3. The van der Waals surface area contributed by atoms with Crippen molar-refractivity contribution >= 4 is 11.8 Å². The number of hydrogen-bond acceptors (Lipinski definition) is 9. The fraction of sp³-hybridized carbons (Fsp3) is 0.867. The van der Waals surface area contributed by atoms with Crippen LogP contribution in [0, 0.1) is 0 Å². The predicted molar refractivity (Wildman–Crippen MR) is 86.1 cm³/mol. The third kappa shape index (κ3) is 4.05. The molecule has 1 fully saturated rings. The van der Waals surface area contributed by atoms with Crippen LogP contribution in [0.1, 0.15) is 19.8 Å².